The van der Waals surface area contributed by atoms with Gasteiger partial charge in [-0.15, -0.1) is 24.0 Å². The van der Waals surface area contributed by atoms with Gasteiger partial charge in [0.2, 0.25) is 5.89 Å². The summed E-state index contributed by atoms with van der Waals surface area (Å²) in [5.41, 5.74) is 0.901. The molecular weight excluding hydrogens is 399 g/mol. The Labute approximate surface area is 148 Å². The van der Waals surface area contributed by atoms with Crippen LogP contribution in [0.4, 0.5) is 0 Å². The number of nitrogens with zero attached hydrogens (tertiary/aromatic N) is 2. The first-order valence-corrected chi connectivity index (χ1v) is 7.01. The van der Waals surface area contributed by atoms with Crippen LogP contribution in [0.1, 0.15) is 36.6 Å². The predicted molar refractivity (Wildman–Crippen MR) is 95.5 cm³/mol. The van der Waals surface area contributed by atoms with Gasteiger partial charge in [-0.2, -0.15) is 0 Å². The molecule has 0 saturated carbocycles. The number of unbranched alkanes of at least 4 members (excludes halogenated alkanes) is 1. The summed E-state index contributed by atoms with van der Waals surface area (Å²) in [6.45, 7) is 5.02. The van der Waals surface area contributed by atoms with E-state index in [2.05, 4.69) is 25.3 Å². The van der Waals surface area contributed by atoms with Crippen molar-refractivity contribution in [2.75, 3.05) is 20.7 Å². The first-order chi connectivity index (χ1) is 10.1. The highest BCUT2D eigenvalue weighted by Gasteiger charge is 2.06. The first kappa shape index (κ1) is 20.7. The van der Waals surface area contributed by atoms with Crippen LogP contribution in [0.15, 0.2) is 9.41 Å². The number of oxazole rings is 1. The van der Waals surface area contributed by atoms with E-state index in [1.54, 1.807) is 7.05 Å². The Hall–Kier alpha value is -1.32. The highest BCUT2D eigenvalue weighted by atomic mass is 127. The van der Waals surface area contributed by atoms with Crippen LogP contribution in [0.5, 0.6) is 0 Å². The Morgan fingerprint density at radius 1 is 1.32 bits per heavy atom. The van der Waals surface area contributed by atoms with Crippen LogP contribution in [-0.2, 0) is 16.1 Å². The average molecular weight is 424 g/mol. The Morgan fingerprint density at radius 2 is 2.05 bits per heavy atom. The Balaban J connectivity index is 0.00000441. The smallest absolute Gasteiger partial charge is 0.305 e. The second-order valence-corrected chi connectivity index (χ2v) is 4.63. The lowest BCUT2D eigenvalue weighted by atomic mass is 10.2. The second kappa shape index (κ2) is 11.3. The SMILES string of the molecule is CN=C(NCCCCC(=O)OC)NCc1nc(C)c(C)o1.I. The van der Waals surface area contributed by atoms with Crippen LogP contribution in [0, 0.1) is 13.8 Å². The van der Waals surface area contributed by atoms with Crippen molar-refractivity contribution in [1.29, 1.82) is 0 Å². The molecular formula is C14H25IN4O3. The molecule has 0 saturated heterocycles. The molecule has 126 valence electrons. The van der Waals surface area contributed by atoms with E-state index >= 15 is 0 Å². The number of methoxy groups -OCH3 is 1. The van der Waals surface area contributed by atoms with Gasteiger partial charge in [-0.05, 0) is 26.7 Å². The van der Waals surface area contributed by atoms with Crippen molar-refractivity contribution in [3.05, 3.63) is 17.3 Å². The summed E-state index contributed by atoms with van der Waals surface area (Å²) in [6, 6.07) is 0. The van der Waals surface area contributed by atoms with Gasteiger partial charge in [0.1, 0.15) is 5.76 Å². The summed E-state index contributed by atoms with van der Waals surface area (Å²) >= 11 is 0. The third-order valence-electron chi connectivity index (χ3n) is 3.03. The molecule has 0 bridgehead atoms. The molecule has 0 fully saturated rings. The fourth-order valence-electron chi connectivity index (χ4n) is 1.70. The third kappa shape index (κ3) is 7.62. The van der Waals surface area contributed by atoms with Crippen molar-refractivity contribution in [2.45, 2.75) is 39.7 Å². The van der Waals surface area contributed by atoms with Crippen molar-refractivity contribution >= 4 is 35.9 Å². The summed E-state index contributed by atoms with van der Waals surface area (Å²) in [7, 11) is 3.11. The molecule has 0 spiro atoms. The van der Waals surface area contributed by atoms with E-state index in [4.69, 9.17) is 4.42 Å². The van der Waals surface area contributed by atoms with Crippen molar-refractivity contribution < 1.29 is 13.9 Å². The topological polar surface area (TPSA) is 88.8 Å². The standard InChI is InChI=1S/C14H24N4O3.HI/c1-10-11(2)21-12(18-10)9-17-14(15-3)16-8-6-5-7-13(19)20-4;/h5-9H2,1-4H3,(H2,15,16,17);1H. The lowest BCUT2D eigenvalue weighted by Gasteiger charge is -2.10. The van der Waals surface area contributed by atoms with Crippen LogP contribution in [-0.4, -0.2) is 37.6 Å². The van der Waals surface area contributed by atoms with E-state index in [-0.39, 0.29) is 29.9 Å². The monoisotopic (exact) mass is 424 g/mol. The number of esters is 1. The number of halogens is 1. The molecule has 1 rings (SSSR count). The predicted octanol–water partition coefficient (Wildman–Crippen LogP) is 1.92. The van der Waals surface area contributed by atoms with Gasteiger partial charge in [0.25, 0.3) is 0 Å². The van der Waals surface area contributed by atoms with Gasteiger partial charge in [0.05, 0.1) is 19.3 Å². The van der Waals surface area contributed by atoms with Crippen molar-refractivity contribution in [1.82, 2.24) is 15.6 Å². The van der Waals surface area contributed by atoms with Gasteiger partial charge in [0.15, 0.2) is 5.96 Å². The van der Waals surface area contributed by atoms with Gasteiger partial charge < -0.3 is 19.8 Å². The maximum atomic E-state index is 11.0. The lowest BCUT2D eigenvalue weighted by Crippen LogP contribution is -2.37. The van der Waals surface area contributed by atoms with E-state index in [0.29, 0.717) is 24.8 Å². The van der Waals surface area contributed by atoms with Gasteiger partial charge in [0, 0.05) is 20.0 Å². The van der Waals surface area contributed by atoms with Crippen LogP contribution in [0.2, 0.25) is 0 Å². The van der Waals surface area contributed by atoms with E-state index in [1.165, 1.54) is 7.11 Å². The average Bonchev–Trinajstić information content (AvgIpc) is 2.80. The molecule has 1 aromatic heterocycles. The summed E-state index contributed by atoms with van der Waals surface area (Å²) in [5.74, 6) is 1.98. The molecule has 0 atom stereocenters. The molecule has 1 heterocycles. The Bertz CT molecular complexity index is 469. The second-order valence-electron chi connectivity index (χ2n) is 4.63. The van der Waals surface area contributed by atoms with Crippen molar-refractivity contribution in [3.8, 4) is 0 Å². The zero-order valence-electron chi connectivity index (χ0n) is 13.6. The number of aryl methyl sites for hydroxylation is 2. The molecule has 0 radical (unpaired) electrons. The number of hydrogen-bond acceptors (Lipinski definition) is 5. The van der Waals surface area contributed by atoms with Crippen molar-refractivity contribution in [3.63, 3.8) is 0 Å². The number of aliphatic imine (C=N–C) groups is 1. The fourth-order valence-corrected chi connectivity index (χ4v) is 1.70. The van der Waals surface area contributed by atoms with E-state index in [1.807, 2.05) is 13.8 Å². The number of carbonyl (C=O) groups is 1. The summed E-state index contributed by atoms with van der Waals surface area (Å²) in [5, 5.41) is 6.30. The number of hydrogen-bond donors (Lipinski definition) is 2. The van der Waals surface area contributed by atoms with Crippen LogP contribution in [0.25, 0.3) is 0 Å². The molecule has 8 heteroatoms. The normalized spacial score (nSPS) is 10.8. The van der Waals surface area contributed by atoms with Gasteiger partial charge in [-0.25, -0.2) is 4.98 Å². The lowest BCUT2D eigenvalue weighted by molar-refractivity contribution is -0.140. The number of ether oxygens (including phenoxy) is 1. The fraction of sp³-hybridized carbons (Fsp3) is 0.643. The minimum absolute atomic E-state index is 0. The first-order valence-electron chi connectivity index (χ1n) is 7.01. The number of nitrogens with one attached hydrogen (secondary N) is 2. The van der Waals surface area contributed by atoms with E-state index < -0.39 is 0 Å². The van der Waals surface area contributed by atoms with Gasteiger partial charge >= 0.3 is 5.97 Å². The van der Waals surface area contributed by atoms with Crippen LogP contribution >= 0.6 is 24.0 Å². The quantitative estimate of drug-likeness (QED) is 0.229. The maximum absolute atomic E-state index is 11.0. The zero-order valence-corrected chi connectivity index (χ0v) is 15.9. The molecule has 0 aliphatic rings. The Kier molecular flexibility index (Phi) is 10.6. The molecule has 0 amide bonds. The molecule has 0 aromatic carbocycles. The third-order valence-corrected chi connectivity index (χ3v) is 3.03. The maximum Gasteiger partial charge on any atom is 0.305 e. The Morgan fingerprint density at radius 3 is 2.59 bits per heavy atom. The van der Waals surface area contributed by atoms with E-state index in [9.17, 15) is 4.79 Å². The van der Waals surface area contributed by atoms with Crippen LogP contribution < -0.4 is 10.6 Å². The van der Waals surface area contributed by atoms with Gasteiger partial charge in [-0.1, -0.05) is 0 Å². The van der Waals surface area contributed by atoms with Crippen molar-refractivity contribution in [2.24, 2.45) is 4.99 Å². The largest absolute Gasteiger partial charge is 0.469 e. The molecule has 1 aromatic rings. The highest BCUT2D eigenvalue weighted by Crippen LogP contribution is 2.07. The zero-order chi connectivity index (χ0) is 15.7. The number of aromatic nitrogens is 1. The molecule has 22 heavy (non-hydrogen) atoms. The van der Waals surface area contributed by atoms with Crippen LogP contribution in [0.3, 0.4) is 0 Å². The molecule has 7 nitrogen and oxygen atoms in total. The highest BCUT2D eigenvalue weighted by molar-refractivity contribution is 14.0. The number of carbonyl (C=O) groups excluding carboxylic acids is 1. The van der Waals surface area contributed by atoms with Gasteiger partial charge in [-0.3, -0.25) is 9.79 Å². The molecule has 0 unspecified atom stereocenters. The summed E-state index contributed by atoms with van der Waals surface area (Å²) < 4.78 is 10.1. The molecule has 2 N–H and O–H groups in total. The minimum Gasteiger partial charge on any atom is -0.469 e. The molecule has 0 aliphatic carbocycles. The minimum atomic E-state index is -0.174. The number of guanidine groups is 1. The molecule has 0 aliphatic heterocycles. The van der Waals surface area contributed by atoms with E-state index in [0.717, 1.165) is 30.8 Å². The number of rotatable bonds is 7. The summed E-state index contributed by atoms with van der Waals surface area (Å²) in [6.07, 6.45) is 2.10. The summed E-state index contributed by atoms with van der Waals surface area (Å²) in [4.78, 5) is 19.4.